The van der Waals surface area contributed by atoms with Gasteiger partial charge in [0.15, 0.2) is 0 Å². The van der Waals surface area contributed by atoms with E-state index in [1.54, 1.807) is 11.3 Å². The molecule has 0 fully saturated rings. The maximum absolute atomic E-state index is 12.1. The molecule has 1 amide bonds. The number of rotatable bonds is 4. The molecule has 0 bridgehead atoms. The van der Waals surface area contributed by atoms with Crippen molar-refractivity contribution in [3.05, 3.63) is 64.7 Å². The summed E-state index contributed by atoms with van der Waals surface area (Å²) in [5.41, 5.74) is 6.05. The number of carbonyl (C=O) groups excluding carboxylic acids is 1. The number of hydrazone groups is 1. The highest BCUT2D eigenvalue weighted by Crippen LogP contribution is 2.21. The minimum Gasteiger partial charge on any atom is -0.267 e. The molecule has 0 atom stereocenters. The Hall–Kier alpha value is -2.53. The molecule has 5 heteroatoms. The Labute approximate surface area is 138 Å². The lowest BCUT2D eigenvalue weighted by Gasteiger charge is -2.02. The number of aromatic nitrogens is 1. The second kappa shape index (κ2) is 6.71. The average Bonchev–Trinajstić information content (AvgIpc) is 3.03. The van der Waals surface area contributed by atoms with Gasteiger partial charge in [0.05, 0.1) is 15.9 Å². The molecule has 116 valence electrons. The van der Waals surface area contributed by atoms with Crippen molar-refractivity contribution in [1.82, 2.24) is 10.4 Å². The highest BCUT2D eigenvalue weighted by Gasteiger charge is 2.08. The number of nitrogens with one attached hydrogen (secondary N) is 1. The summed E-state index contributed by atoms with van der Waals surface area (Å²) in [5, 5.41) is 4.99. The fourth-order valence-electron chi connectivity index (χ4n) is 2.17. The van der Waals surface area contributed by atoms with Gasteiger partial charge in [0.2, 0.25) is 0 Å². The third-order valence-corrected chi connectivity index (χ3v) is 4.70. The van der Waals surface area contributed by atoms with E-state index in [-0.39, 0.29) is 5.91 Å². The number of hydrogen-bond donors (Lipinski definition) is 1. The maximum Gasteiger partial charge on any atom is 0.271 e. The van der Waals surface area contributed by atoms with Crippen LogP contribution >= 0.6 is 11.3 Å². The van der Waals surface area contributed by atoms with Crippen LogP contribution in [0.2, 0.25) is 0 Å². The Morgan fingerprint density at radius 2 is 1.91 bits per heavy atom. The van der Waals surface area contributed by atoms with Gasteiger partial charge in [0.1, 0.15) is 5.01 Å². The predicted octanol–water partition coefficient (Wildman–Crippen LogP) is 4.01. The number of para-hydroxylation sites is 1. The summed E-state index contributed by atoms with van der Waals surface area (Å²) in [6.07, 6.45) is 0.955. The van der Waals surface area contributed by atoms with E-state index < -0.39 is 0 Å². The van der Waals surface area contributed by atoms with Crippen LogP contribution in [0.1, 0.15) is 34.8 Å². The van der Waals surface area contributed by atoms with E-state index in [0.29, 0.717) is 11.3 Å². The van der Waals surface area contributed by atoms with Crippen LogP contribution in [-0.4, -0.2) is 16.6 Å². The van der Waals surface area contributed by atoms with Gasteiger partial charge in [-0.1, -0.05) is 31.2 Å². The van der Waals surface area contributed by atoms with Gasteiger partial charge < -0.3 is 0 Å². The summed E-state index contributed by atoms with van der Waals surface area (Å²) >= 11 is 1.56. The Morgan fingerprint density at radius 1 is 1.17 bits per heavy atom. The zero-order chi connectivity index (χ0) is 16.2. The van der Waals surface area contributed by atoms with Crippen LogP contribution in [0.4, 0.5) is 0 Å². The van der Waals surface area contributed by atoms with Crippen molar-refractivity contribution in [2.24, 2.45) is 5.10 Å². The summed E-state index contributed by atoms with van der Waals surface area (Å²) in [7, 11) is 0. The first-order valence-corrected chi connectivity index (χ1v) is 8.28. The van der Waals surface area contributed by atoms with Crippen LogP contribution in [0.3, 0.4) is 0 Å². The number of hydrogen-bond acceptors (Lipinski definition) is 4. The van der Waals surface area contributed by atoms with Crippen LogP contribution in [0.25, 0.3) is 10.2 Å². The fraction of sp³-hybridized carbons (Fsp3) is 0.167. The predicted molar refractivity (Wildman–Crippen MR) is 95.1 cm³/mol. The highest BCUT2D eigenvalue weighted by atomic mass is 32.1. The van der Waals surface area contributed by atoms with Gasteiger partial charge >= 0.3 is 0 Å². The van der Waals surface area contributed by atoms with Gasteiger partial charge in [0.25, 0.3) is 5.91 Å². The highest BCUT2D eigenvalue weighted by molar-refractivity contribution is 7.20. The van der Waals surface area contributed by atoms with Crippen molar-refractivity contribution < 1.29 is 4.79 Å². The van der Waals surface area contributed by atoms with Crippen molar-refractivity contribution in [3.63, 3.8) is 0 Å². The molecule has 0 aliphatic carbocycles. The Morgan fingerprint density at radius 3 is 2.61 bits per heavy atom. The second-order valence-electron chi connectivity index (χ2n) is 5.18. The molecule has 1 heterocycles. The molecule has 0 saturated carbocycles. The standard InChI is InChI=1S/C18H17N3OS/c1-3-13-8-10-14(11-9-13)17(22)21-20-12(2)18-19-15-6-4-5-7-16(15)23-18/h4-11H,3H2,1-2H3,(H,21,22)/b20-12-. The Bertz CT molecular complexity index is 832. The minimum atomic E-state index is -0.215. The molecule has 0 aliphatic rings. The zero-order valence-corrected chi connectivity index (χ0v) is 13.9. The summed E-state index contributed by atoms with van der Waals surface area (Å²) in [6, 6.07) is 15.5. The van der Waals surface area contributed by atoms with E-state index in [0.717, 1.165) is 21.6 Å². The topological polar surface area (TPSA) is 54.4 Å². The van der Waals surface area contributed by atoms with E-state index in [1.807, 2.05) is 55.5 Å². The normalized spacial score (nSPS) is 11.7. The van der Waals surface area contributed by atoms with Crippen LogP contribution in [0.5, 0.6) is 0 Å². The quantitative estimate of drug-likeness (QED) is 0.582. The number of fused-ring (bicyclic) bond motifs is 1. The fourth-order valence-corrected chi connectivity index (χ4v) is 3.08. The number of carbonyl (C=O) groups is 1. The largest absolute Gasteiger partial charge is 0.271 e. The molecule has 0 unspecified atom stereocenters. The molecule has 1 aromatic heterocycles. The zero-order valence-electron chi connectivity index (χ0n) is 13.0. The number of amides is 1. The van der Waals surface area contributed by atoms with Crippen molar-refractivity contribution in [2.75, 3.05) is 0 Å². The van der Waals surface area contributed by atoms with Crippen LogP contribution in [-0.2, 0) is 6.42 Å². The monoisotopic (exact) mass is 323 g/mol. The first-order valence-electron chi connectivity index (χ1n) is 7.47. The molecule has 2 aromatic carbocycles. The Balaban J connectivity index is 1.74. The van der Waals surface area contributed by atoms with E-state index >= 15 is 0 Å². The van der Waals surface area contributed by atoms with Gasteiger partial charge in [-0.15, -0.1) is 11.3 Å². The van der Waals surface area contributed by atoms with E-state index in [9.17, 15) is 4.79 Å². The SMILES string of the molecule is CCc1ccc(C(=O)N/N=C(/C)c2nc3ccccc3s2)cc1. The first kappa shape index (κ1) is 15.4. The van der Waals surface area contributed by atoms with Gasteiger partial charge in [-0.2, -0.15) is 5.10 Å². The van der Waals surface area contributed by atoms with E-state index in [4.69, 9.17) is 0 Å². The van der Waals surface area contributed by atoms with Crippen LogP contribution in [0.15, 0.2) is 53.6 Å². The van der Waals surface area contributed by atoms with Crippen LogP contribution in [0, 0.1) is 0 Å². The first-order chi connectivity index (χ1) is 11.2. The number of thiazole rings is 1. The summed E-state index contributed by atoms with van der Waals surface area (Å²) in [4.78, 5) is 16.6. The maximum atomic E-state index is 12.1. The third kappa shape index (κ3) is 3.46. The molecule has 0 radical (unpaired) electrons. The number of benzene rings is 2. The summed E-state index contributed by atoms with van der Waals surface area (Å²) < 4.78 is 1.11. The van der Waals surface area contributed by atoms with Crippen LogP contribution < -0.4 is 5.43 Å². The van der Waals surface area contributed by atoms with Gasteiger partial charge in [-0.25, -0.2) is 10.4 Å². The molecule has 0 spiro atoms. The van der Waals surface area contributed by atoms with Crippen molar-refractivity contribution >= 4 is 33.2 Å². The molecular weight excluding hydrogens is 306 g/mol. The van der Waals surface area contributed by atoms with E-state index in [1.165, 1.54) is 5.56 Å². The molecule has 23 heavy (non-hydrogen) atoms. The van der Waals surface area contributed by atoms with E-state index in [2.05, 4.69) is 22.4 Å². The van der Waals surface area contributed by atoms with Crippen molar-refractivity contribution in [1.29, 1.82) is 0 Å². The molecule has 1 N–H and O–H groups in total. The summed E-state index contributed by atoms with van der Waals surface area (Å²) in [5.74, 6) is -0.215. The molecule has 0 aliphatic heterocycles. The average molecular weight is 323 g/mol. The second-order valence-corrected chi connectivity index (χ2v) is 6.21. The minimum absolute atomic E-state index is 0.215. The number of nitrogens with zero attached hydrogens (tertiary/aromatic N) is 2. The summed E-state index contributed by atoms with van der Waals surface area (Å²) in [6.45, 7) is 3.93. The van der Waals surface area contributed by atoms with Gasteiger partial charge in [-0.05, 0) is 43.2 Å². The lowest BCUT2D eigenvalue weighted by molar-refractivity contribution is 0.0955. The van der Waals surface area contributed by atoms with Gasteiger partial charge in [-0.3, -0.25) is 4.79 Å². The molecule has 0 saturated heterocycles. The molecule has 4 nitrogen and oxygen atoms in total. The van der Waals surface area contributed by atoms with Gasteiger partial charge in [0, 0.05) is 5.56 Å². The lowest BCUT2D eigenvalue weighted by atomic mass is 10.1. The third-order valence-electron chi connectivity index (χ3n) is 3.55. The van der Waals surface area contributed by atoms with Crippen molar-refractivity contribution in [2.45, 2.75) is 20.3 Å². The number of aryl methyl sites for hydroxylation is 1. The lowest BCUT2D eigenvalue weighted by Crippen LogP contribution is -2.19. The molecule has 3 aromatic rings. The van der Waals surface area contributed by atoms with Crippen molar-refractivity contribution in [3.8, 4) is 0 Å². The molecule has 3 rings (SSSR count). The Kier molecular flexibility index (Phi) is 4.48. The molecular formula is C18H17N3OS. The smallest absolute Gasteiger partial charge is 0.267 e.